The zero-order valence-electron chi connectivity index (χ0n) is 15.0. The van der Waals surface area contributed by atoms with Gasteiger partial charge < -0.3 is 20.7 Å². The van der Waals surface area contributed by atoms with Crippen LogP contribution in [0.25, 0.3) is 17.0 Å². The first-order chi connectivity index (χ1) is 13.6. The largest absolute Gasteiger partial charge is 0.394 e. The van der Waals surface area contributed by atoms with Crippen molar-refractivity contribution in [2.75, 3.05) is 6.61 Å². The van der Waals surface area contributed by atoms with Crippen LogP contribution in [0.4, 0.5) is 0 Å². The molecule has 0 radical (unpaired) electrons. The number of carbonyl (C=O) groups is 2. The lowest BCUT2D eigenvalue weighted by molar-refractivity contribution is -0.128. The minimum absolute atomic E-state index is 0.271. The Morgan fingerprint density at radius 2 is 1.89 bits per heavy atom. The SMILES string of the molecule is O=C(C=Cc1c[nH]c2ccccc12)N[C@@H](CO)C(=O)NCc1ccc(Cl)cc1. The normalized spacial score (nSPS) is 12.2. The predicted molar refractivity (Wildman–Crippen MR) is 110 cm³/mol. The molecule has 2 aromatic carbocycles. The van der Waals surface area contributed by atoms with Gasteiger partial charge in [-0.3, -0.25) is 9.59 Å². The minimum atomic E-state index is -1.03. The number of aliphatic hydroxyl groups is 1. The lowest BCUT2D eigenvalue weighted by Crippen LogP contribution is -2.48. The van der Waals surface area contributed by atoms with Crippen molar-refractivity contribution in [2.45, 2.75) is 12.6 Å². The Hall–Kier alpha value is -3.09. The fraction of sp³-hybridized carbons (Fsp3) is 0.143. The van der Waals surface area contributed by atoms with Gasteiger partial charge >= 0.3 is 0 Å². The molecule has 0 bridgehead atoms. The van der Waals surface area contributed by atoms with Crippen molar-refractivity contribution in [3.05, 3.63) is 77.0 Å². The standard InChI is InChI=1S/C21H20ClN3O3/c22-16-8-5-14(6-9-16)11-24-21(28)19(13-26)25-20(27)10-7-15-12-23-18-4-2-1-3-17(15)18/h1-10,12,19,23,26H,11,13H2,(H,24,28)(H,25,27)/t19-/m0/s1. The van der Waals surface area contributed by atoms with Gasteiger partial charge in [-0.2, -0.15) is 0 Å². The van der Waals surface area contributed by atoms with E-state index in [4.69, 9.17) is 11.6 Å². The Balaban J connectivity index is 1.56. The number of aliphatic hydroxyl groups excluding tert-OH is 1. The van der Waals surface area contributed by atoms with Crippen LogP contribution in [0.5, 0.6) is 0 Å². The van der Waals surface area contributed by atoms with Crippen LogP contribution in [0.1, 0.15) is 11.1 Å². The average molecular weight is 398 g/mol. The van der Waals surface area contributed by atoms with Gasteiger partial charge in [-0.25, -0.2) is 0 Å². The van der Waals surface area contributed by atoms with Crippen molar-refractivity contribution in [1.29, 1.82) is 0 Å². The second kappa shape index (κ2) is 9.21. The highest BCUT2D eigenvalue weighted by Gasteiger charge is 2.18. The zero-order chi connectivity index (χ0) is 19.9. The van der Waals surface area contributed by atoms with Gasteiger partial charge in [0.25, 0.3) is 0 Å². The molecule has 3 aromatic rings. The van der Waals surface area contributed by atoms with E-state index in [-0.39, 0.29) is 6.54 Å². The molecule has 0 fully saturated rings. The van der Waals surface area contributed by atoms with Crippen molar-refractivity contribution in [3.8, 4) is 0 Å². The van der Waals surface area contributed by atoms with Gasteiger partial charge in [0.05, 0.1) is 6.61 Å². The monoisotopic (exact) mass is 397 g/mol. The quantitative estimate of drug-likeness (QED) is 0.461. The summed E-state index contributed by atoms with van der Waals surface area (Å²) in [5, 5.41) is 16.2. The summed E-state index contributed by atoms with van der Waals surface area (Å²) in [6, 6.07) is 13.7. The first kappa shape index (κ1) is 19.7. The van der Waals surface area contributed by atoms with E-state index in [1.807, 2.05) is 24.3 Å². The number of amides is 2. The van der Waals surface area contributed by atoms with Crippen molar-refractivity contribution >= 4 is 40.4 Å². The highest BCUT2D eigenvalue weighted by molar-refractivity contribution is 6.30. The number of carbonyl (C=O) groups excluding carboxylic acids is 2. The number of para-hydroxylation sites is 1. The Bertz CT molecular complexity index is 996. The summed E-state index contributed by atoms with van der Waals surface area (Å²) in [4.78, 5) is 27.5. The maximum absolute atomic E-state index is 12.2. The first-order valence-electron chi connectivity index (χ1n) is 8.74. The molecule has 0 saturated carbocycles. The summed E-state index contributed by atoms with van der Waals surface area (Å²) < 4.78 is 0. The van der Waals surface area contributed by atoms with Crippen molar-refractivity contribution in [3.63, 3.8) is 0 Å². The second-order valence-corrected chi connectivity index (χ2v) is 6.65. The molecule has 1 atom stereocenters. The van der Waals surface area contributed by atoms with Gasteiger partial charge in [0.2, 0.25) is 11.8 Å². The molecule has 6 nitrogen and oxygen atoms in total. The predicted octanol–water partition coefficient (Wildman–Crippen LogP) is 2.63. The van der Waals surface area contributed by atoms with Crippen LogP contribution >= 0.6 is 11.6 Å². The van der Waals surface area contributed by atoms with E-state index < -0.39 is 24.5 Å². The summed E-state index contributed by atoms with van der Waals surface area (Å²) >= 11 is 5.83. The third kappa shape index (κ3) is 5.00. The average Bonchev–Trinajstić information content (AvgIpc) is 3.13. The van der Waals surface area contributed by atoms with E-state index in [2.05, 4.69) is 15.6 Å². The molecular formula is C21H20ClN3O3. The van der Waals surface area contributed by atoms with Gasteiger partial charge in [0.1, 0.15) is 6.04 Å². The fourth-order valence-electron chi connectivity index (χ4n) is 2.73. The van der Waals surface area contributed by atoms with Crippen LogP contribution in [0.2, 0.25) is 5.02 Å². The number of H-pyrrole nitrogens is 1. The van der Waals surface area contributed by atoms with E-state index in [1.165, 1.54) is 6.08 Å². The van der Waals surface area contributed by atoms with Gasteiger partial charge in [0, 0.05) is 34.7 Å². The smallest absolute Gasteiger partial charge is 0.245 e. The minimum Gasteiger partial charge on any atom is -0.394 e. The lowest BCUT2D eigenvalue weighted by atomic mass is 10.1. The summed E-state index contributed by atoms with van der Waals surface area (Å²) in [5.41, 5.74) is 2.69. The Labute approximate surface area is 167 Å². The summed E-state index contributed by atoms with van der Waals surface area (Å²) in [7, 11) is 0. The number of rotatable bonds is 7. The Morgan fingerprint density at radius 3 is 2.64 bits per heavy atom. The third-order valence-corrected chi connectivity index (χ3v) is 4.48. The topological polar surface area (TPSA) is 94.2 Å². The van der Waals surface area contributed by atoms with Crippen LogP contribution < -0.4 is 10.6 Å². The molecule has 3 rings (SSSR count). The number of aromatic amines is 1. The Morgan fingerprint density at radius 1 is 1.14 bits per heavy atom. The van der Waals surface area contributed by atoms with E-state index in [9.17, 15) is 14.7 Å². The summed E-state index contributed by atoms with van der Waals surface area (Å²) in [6.45, 7) is -0.229. The summed E-state index contributed by atoms with van der Waals surface area (Å²) in [6.07, 6.45) is 4.80. The van der Waals surface area contributed by atoms with Gasteiger partial charge in [-0.05, 0) is 35.4 Å². The van der Waals surface area contributed by atoms with Crippen molar-refractivity contribution in [2.24, 2.45) is 0 Å². The van der Waals surface area contributed by atoms with E-state index in [0.717, 1.165) is 22.0 Å². The molecule has 144 valence electrons. The summed E-state index contributed by atoms with van der Waals surface area (Å²) in [5.74, 6) is -0.933. The molecule has 2 amide bonds. The van der Waals surface area contributed by atoms with Gasteiger partial charge in [-0.15, -0.1) is 0 Å². The molecule has 0 spiro atoms. The molecular weight excluding hydrogens is 378 g/mol. The van der Waals surface area contributed by atoms with Crippen LogP contribution in [-0.2, 0) is 16.1 Å². The highest BCUT2D eigenvalue weighted by Crippen LogP contribution is 2.18. The van der Waals surface area contributed by atoms with E-state index in [0.29, 0.717) is 5.02 Å². The van der Waals surface area contributed by atoms with Crippen LogP contribution in [0.15, 0.2) is 60.8 Å². The zero-order valence-corrected chi connectivity index (χ0v) is 15.7. The lowest BCUT2D eigenvalue weighted by Gasteiger charge is -2.15. The number of aromatic nitrogens is 1. The highest BCUT2D eigenvalue weighted by atomic mass is 35.5. The third-order valence-electron chi connectivity index (χ3n) is 4.23. The molecule has 1 heterocycles. The van der Waals surface area contributed by atoms with Crippen LogP contribution in [-0.4, -0.2) is 34.6 Å². The maximum Gasteiger partial charge on any atom is 0.245 e. The molecule has 28 heavy (non-hydrogen) atoms. The number of halogens is 1. The number of nitrogens with one attached hydrogen (secondary N) is 3. The van der Waals surface area contributed by atoms with E-state index in [1.54, 1.807) is 36.5 Å². The number of hydrogen-bond acceptors (Lipinski definition) is 3. The fourth-order valence-corrected chi connectivity index (χ4v) is 2.85. The van der Waals surface area contributed by atoms with Crippen LogP contribution in [0.3, 0.4) is 0 Å². The number of hydrogen-bond donors (Lipinski definition) is 4. The number of benzene rings is 2. The van der Waals surface area contributed by atoms with Crippen molar-refractivity contribution < 1.29 is 14.7 Å². The molecule has 1 aromatic heterocycles. The molecule has 0 saturated heterocycles. The molecule has 0 unspecified atom stereocenters. The number of fused-ring (bicyclic) bond motifs is 1. The second-order valence-electron chi connectivity index (χ2n) is 6.21. The Kier molecular flexibility index (Phi) is 6.47. The first-order valence-corrected chi connectivity index (χ1v) is 9.12. The molecule has 4 N–H and O–H groups in total. The molecule has 0 aliphatic rings. The van der Waals surface area contributed by atoms with Crippen LogP contribution in [0, 0.1) is 0 Å². The maximum atomic E-state index is 12.2. The van der Waals surface area contributed by atoms with Gasteiger partial charge in [0.15, 0.2) is 0 Å². The molecule has 7 heteroatoms. The van der Waals surface area contributed by atoms with Gasteiger partial charge in [-0.1, -0.05) is 41.9 Å². The van der Waals surface area contributed by atoms with E-state index >= 15 is 0 Å². The molecule has 0 aliphatic heterocycles. The molecule has 0 aliphatic carbocycles. The van der Waals surface area contributed by atoms with Crippen molar-refractivity contribution in [1.82, 2.24) is 15.6 Å².